The van der Waals surface area contributed by atoms with Gasteiger partial charge in [-0.1, -0.05) is 13.3 Å². The molecular weight excluding hydrogens is 272 g/mol. The summed E-state index contributed by atoms with van der Waals surface area (Å²) in [7, 11) is -4.19. The van der Waals surface area contributed by atoms with Gasteiger partial charge in [0.1, 0.15) is 0 Å². The van der Waals surface area contributed by atoms with Gasteiger partial charge in [-0.25, -0.2) is 4.57 Å². The van der Waals surface area contributed by atoms with Crippen LogP contribution in [0.1, 0.15) is 40.5 Å². The van der Waals surface area contributed by atoms with Crippen LogP contribution in [0.15, 0.2) is 0 Å². The number of halogens is 3. The van der Waals surface area contributed by atoms with Crippen LogP contribution in [0.5, 0.6) is 0 Å². The van der Waals surface area contributed by atoms with Gasteiger partial charge in [0, 0.05) is 0 Å². The van der Waals surface area contributed by atoms with Crippen molar-refractivity contribution in [3.8, 4) is 0 Å². The molecule has 0 aliphatic carbocycles. The molecule has 0 radical (unpaired) electrons. The van der Waals surface area contributed by atoms with Crippen LogP contribution in [0.3, 0.4) is 0 Å². The molecule has 1 unspecified atom stereocenters. The molecule has 18 heavy (non-hydrogen) atoms. The molecule has 0 N–H and O–H groups in total. The van der Waals surface area contributed by atoms with E-state index in [4.69, 9.17) is 9.05 Å². The Hall–Kier alpha value is -0.100. The quantitative estimate of drug-likeness (QED) is 0.518. The van der Waals surface area contributed by atoms with Crippen molar-refractivity contribution in [1.82, 2.24) is 0 Å². The minimum atomic E-state index is -4.58. The van der Waals surface area contributed by atoms with Crippen LogP contribution in [0.4, 0.5) is 13.2 Å². The summed E-state index contributed by atoms with van der Waals surface area (Å²) in [5.41, 5.74) is -0.923. The van der Waals surface area contributed by atoms with Crippen LogP contribution in [-0.4, -0.2) is 25.0 Å². The van der Waals surface area contributed by atoms with Gasteiger partial charge in [0.25, 0.3) is 0 Å². The SMILES string of the molecule is CCCCOP(=O)(OCC(F)(F)F)OC(C)(C)C. The highest BCUT2D eigenvalue weighted by Crippen LogP contribution is 2.53. The number of rotatable bonds is 7. The first-order chi connectivity index (χ1) is 7.97. The van der Waals surface area contributed by atoms with E-state index in [9.17, 15) is 17.7 Å². The predicted molar refractivity (Wildman–Crippen MR) is 61.3 cm³/mol. The second kappa shape index (κ2) is 6.89. The number of alkyl halides is 3. The number of hydrogen-bond donors (Lipinski definition) is 0. The number of unbranched alkanes of at least 4 members (excludes halogenated alkanes) is 1. The Balaban J connectivity index is 4.55. The van der Waals surface area contributed by atoms with Gasteiger partial charge in [0.2, 0.25) is 0 Å². The summed E-state index contributed by atoms with van der Waals surface area (Å²) in [6, 6.07) is 0. The van der Waals surface area contributed by atoms with Crippen molar-refractivity contribution in [1.29, 1.82) is 0 Å². The van der Waals surface area contributed by atoms with Crippen LogP contribution < -0.4 is 0 Å². The first-order valence-electron chi connectivity index (χ1n) is 5.64. The van der Waals surface area contributed by atoms with Crippen molar-refractivity contribution in [3.63, 3.8) is 0 Å². The topological polar surface area (TPSA) is 44.8 Å². The average Bonchev–Trinajstić information content (AvgIpc) is 2.12. The zero-order valence-corrected chi connectivity index (χ0v) is 11.9. The number of phosphoric acid groups is 1. The molecule has 0 rings (SSSR count). The summed E-state index contributed by atoms with van der Waals surface area (Å²) < 4.78 is 62.3. The monoisotopic (exact) mass is 292 g/mol. The predicted octanol–water partition coefficient (Wildman–Crippen LogP) is 4.31. The van der Waals surface area contributed by atoms with E-state index in [1.165, 1.54) is 0 Å². The van der Waals surface area contributed by atoms with Crippen molar-refractivity contribution in [2.75, 3.05) is 13.2 Å². The van der Waals surface area contributed by atoms with E-state index < -0.39 is 26.2 Å². The van der Waals surface area contributed by atoms with Gasteiger partial charge in [-0.3, -0.25) is 13.6 Å². The molecule has 8 heteroatoms. The van der Waals surface area contributed by atoms with Crippen molar-refractivity contribution in [3.05, 3.63) is 0 Å². The summed E-state index contributed by atoms with van der Waals surface area (Å²) in [5, 5.41) is 0. The lowest BCUT2D eigenvalue weighted by molar-refractivity contribution is -0.159. The molecule has 0 heterocycles. The summed E-state index contributed by atoms with van der Waals surface area (Å²) in [4.78, 5) is 0. The Kier molecular flexibility index (Phi) is 6.85. The van der Waals surface area contributed by atoms with Crippen LogP contribution in [-0.2, 0) is 18.1 Å². The van der Waals surface area contributed by atoms with E-state index in [0.717, 1.165) is 6.42 Å². The van der Waals surface area contributed by atoms with Gasteiger partial charge >= 0.3 is 14.0 Å². The van der Waals surface area contributed by atoms with Gasteiger partial charge in [0.05, 0.1) is 12.2 Å². The Labute approximate surface area is 105 Å². The van der Waals surface area contributed by atoms with Crippen LogP contribution >= 0.6 is 7.82 Å². The summed E-state index contributed by atoms with van der Waals surface area (Å²) in [6.07, 6.45) is -3.26. The summed E-state index contributed by atoms with van der Waals surface area (Å²) >= 11 is 0. The van der Waals surface area contributed by atoms with Gasteiger partial charge in [-0.05, 0) is 27.2 Å². The molecule has 0 aromatic carbocycles. The Morgan fingerprint density at radius 2 is 1.67 bits per heavy atom. The third-order valence-electron chi connectivity index (χ3n) is 1.52. The maximum atomic E-state index is 12.0. The molecule has 0 saturated carbocycles. The lowest BCUT2D eigenvalue weighted by Crippen LogP contribution is -2.22. The fourth-order valence-corrected chi connectivity index (χ4v) is 2.41. The molecule has 4 nitrogen and oxygen atoms in total. The van der Waals surface area contributed by atoms with E-state index in [0.29, 0.717) is 6.42 Å². The molecule has 1 atom stereocenters. The second-order valence-corrected chi connectivity index (χ2v) is 6.32. The minimum Gasteiger partial charge on any atom is -0.287 e. The van der Waals surface area contributed by atoms with Gasteiger partial charge in [-0.15, -0.1) is 0 Å². The van der Waals surface area contributed by atoms with Crippen molar-refractivity contribution < 1.29 is 31.3 Å². The van der Waals surface area contributed by atoms with Gasteiger partial charge in [0.15, 0.2) is 6.61 Å². The fraction of sp³-hybridized carbons (Fsp3) is 1.00. The minimum absolute atomic E-state index is 0.0295. The highest BCUT2D eigenvalue weighted by Gasteiger charge is 2.38. The lowest BCUT2D eigenvalue weighted by Gasteiger charge is -2.26. The zero-order valence-electron chi connectivity index (χ0n) is 11.0. The molecule has 0 fully saturated rings. The van der Waals surface area contributed by atoms with E-state index in [2.05, 4.69) is 4.52 Å². The van der Waals surface area contributed by atoms with Gasteiger partial charge < -0.3 is 0 Å². The first-order valence-corrected chi connectivity index (χ1v) is 7.10. The van der Waals surface area contributed by atoms with E-state index in [-0.39, 0.29) is 6.61 Å². The van der Waals surface area contributed by atoms with E-state index in [1.807, 2.05) is 6.92 Å². The molecule has 0 spiro atoms. The first kappa shape index (κ1) is 17.9. The van der Waals surface area contributed by atoms with Crippen molar-refractivity contribution >= 4 is 7.82 Å². The smallest absolute Gasteiger partial charge is 0.287 e. The van der Waals surface area contributed by atoms with Crippen LogP contribution in [0.2, 0.25) is 0 Å². The maximum Gasteiger partial charge on any atom is 0.475 e. The lowest BCUT2D eigenvalue weighted by atomic mass is 10.2. The molecule has 0 aromatic rings. The molecule has 0 saturated heterocycles. The van der Waals surface area contributed by atoms with Crippen molar-refractivity contribution in [2.24, 2.45) is 0 Å². The molecule has 0 aromatic heterocycles. The molecule has 0 amide bonds. The number of phosphoric ester groups is 1. The molecule has 0 aliphatic rings. The molecule has 110 valence electrons. The Morgan fingerprint density at radius 1 is 1.11 bits per heavy atom. The maximum absolute atomic E-state index is 12.0. The van der Waals surface area contributed by atoms with E-state index in [1.54, 1.807) is 20.8 Å². The Bertz CT molecular complexity index is 286. The Morgan fingerprint density at radius 3 is 2.06 bits per heavy atom. The summed E-state index contributed by atoms with van der Waals surface area (Å²) in [5.74, 6) is 0. The highest BCUT2D eigenvalue weighted by atomic mass is 31.2. The average molecular weight is 292 g/mol. The van der Waals surface area contributed by atoms with Crippen molar-refractivity contribution in [2.45, 2.75) is 52.3 Å². The third kappa shape index (κ3) is 9.88. The summed E-state index contributed by atoms with van der Waals surface area (Å²) in [6.45, 7) is 4.91. The van der Waals surface area contributed by atoms with Gasteiger partial charge in [-0.2, -0.15) is 13.2 Å². The second-order valence-electron chi connectivity index (χ2n) is 4.73. The van der Waals surface area contributed by atoms with Crippen LogP contribution in [0.25, 0.3) is 0 Å². The number of hydrogen-bond acceptors (Lipinski definition) is 4. The molecule has 0 aliphatic heterocycles. The molecular formula is C10H20F3O4P. The van der Waals surface area contributed by atoms with Crippen LogP contribution in [0, 0.1) is 0 Å². The fourth-order valence-electron chi connectivity index (χ4n) is 0.898. The molecule has 0 bridgehead atoms. The largest absolute Gasteiger partial charge is 0.475 e. The third-order valence-corrected chi connectivity index (χ3v) is 3.23. The van der Waals surface area contributed by atoms with E-state index >= 15 is 0 Å². The zero-order chi connectivity index (χ0) is 14.4. The standard InChI is InChI=1S/C10H20F3O4P/c1-5-6-7-15-18(14,17-9(2,3)4)16-8-10(11,12)13/h5-8H2,1-4H3. The highest BCUT2D eigenvalue weighted by molar-refractivity contribution is 7.48. The normalized spacial score (nSPS) is 16.6.